The van der Waals surface area contributed by atoms with Crippen LogP contribution < -0.4 is 5.73 Å². The normalized spacial score (nSPS) is 12.3. The van der Waals surface area contributed by atoms with Crippen LogP contribution in [-0.4, -0.2) is 59.4 Å². The van der Waals surface area contributed by atoms with E-state index in [-0.39, 0.29) is 6.61 Å². The molecule has 0 amide bonds. The maximum absolute atomic E-state index is 8.37. The maximum atomic E-state index is 8.37. The summed E-state index contributed by atoms with van der Waals surface area (Å²) in [6, 6.07) is 1.32. The first-order chi connectivity index (χ1) is 7.81. The Morgan fingerprint density at radius 3 is 2.00 bits per heavy atom. The van der Waals surface area contributed by atoms with Crippen LogP contribution in [0.1, 0.15) is 0 Å². The van der Waals surface area contributed by atoms with Gasteiger partial charge in [0.15, 0.2) is 0 Å². The highest BCUT2D eigenvalue weighted by atomic mass is 16.6. The summed E-state index contributed by atoms with van der Waals surface area (Å²) >= 11 is 0. The van der Waals surface area contributed by atoms with Crippen molar-refractivity contribution in [1.29, 1.82) is 5.26 Å². The van der Waals surface area contributed by atoms with Gasteiger partial charge in [0.1, 0.15) is 6.04 Å². The van der Waals surface area contributed by atoms with E-state index < -0.39 is 6.04 Å². The lowest BCUT2D eigenvalue weighted by Crippen LogP contribution is -2.25. The van der Waals surface area contributed by atoms with Gasteiger partial charge in [-0.3, -0.25) is 0 Å². The third-order valence-corrected chi connectivity index (χ3v) is 1.64. The molecule has 0 spiro atoms. The summed E-state index contributed by atoms with van der Waals surface area (Å²) in [5.74, 6) is 0. The van der Waals surface area contributed by atoms with Crippen molar-refractivity contribution in [1.82, 2.24) is 0 Å². The Kier molecular flexibility index (Phi) is 11.8. The topological polar surface area (TPSA) is 86.7 Å². The van der Waals surface area contributed by atoms with Crippen molar-refractivity contribution in [3.8, 4) is 6.07 Å². The fourth-order valence-corrected chi connectivity index (χ4v) is 0.830. The van der Waals surface area contributed by atoms with E-state index in [0.717, 1.165) is 0 Å². The second-order valence-electron chi connectivity index (χ2n) is 3.03. The number of ether oxygens (including phenoxy) is 4. The van der Waals surface area contributed by atoms with E-state index in [2.05, 4.69) is 0 Å². The molecule has 0 rings (SSSR count). The van der Waals surface area contributed by atoms with Gasteiger partial charge < -0.3 is 24.7 Å². The van der Waals surface area contributed by atoms with Crippen molar-refractivity contribution in [3.63, 3.8) is 0 Å². The molecule has 16 heavy (non-hydrogen) atoms. The molecule has 0 radical (unpaired) electrons. The molecule has 0 aromatic rings. The highest BCUT2D eigenvalue weighted by Gasteiger charge is 1.98. The largest absolute Gasteiger partial charge is 0.382 e. The van der Waals surface area contributed by atoms with E-state index in [1.165, 1.54) is 0 Å². The van der Waals surface area contributed by atoms with Gasteiger partial charge >= 0.3 is 0 Å². The molecule has 1 unspecified atom stereocenters. The molecule has 0 heterocycles. The van der Waals surface area contributed by atoms with E-state index in [1.54, 1.807) is 7.11 Å². The lowest BCUT2D eigenvalue weighted by molar-refractivity contribution is 0.00332. The smallest absolute Gasteiger partial charge is 0.116 e. The first kappa shape index (κ1) is 15.3. The molecule has 2 N–H and O–H groups in total. The number of hydrogen-bond acceptors (Lipinski definition) is 6. The summed E-state index contributed by atoms with van der Waals surface area (Å²) in [6.45, 7) is 3.39. The summed E-state index contributed by atoms with van der Waals surface area (Å²) in [4.78, 5) is 0. The summed E-state index contributed by atoms with van der Waals surface area (Å²) in [5, 5.41) is 8.37. The molecule has 6 heteroatoms. The maximum Gasteiger partial charge on any atom is 0.116 e. The van der Waals surface area contributed by atoms with E-state index in [0.29, 0.717) is 39.6 Å². The Morgan fingerprint density at radius 1 is 1.00 bits per heavy atom. The molecule has 0 fully saturated rings. The molecule has 1 atom stereocenters. The third-order valence-electron chi connectivity index (χ3n) is 1.64. The molecule has 94 valence electrons. The SMILES string of the molecule is COCCOCCOCCOCC(N)C#N. The lowest BCUT2D eigenvalue weighted by Gasteiger charge is -2.07. The molecule has 0 saturated heterocycles. The molecule has 0 saturated carbocycles. The van der Waals surface area contributed by atoms with Gasteiger partial charge in [-0.25, -0.2) is 0 Å². The van der Waals surface area contributed by atoms with Crippen LogP contribution in [0.5, 0.6) is 0 Å². The molecule has 6 nitrogen and oxygen atoms in total. The number of rotatable bonds is 11. The van der Waals surface area contributed by atoms with Gasteiger partial charge in [0.05, 0.1) is 52.3 Å². The van der Waals surface area contributed by atoms with Crippen LogP contribution in [0.3, 0.4) is 0 Å². The summed E-state index contributed by atoms with van der Waals surface area (Å²) < 4.78 is 20.3. The highest BCUT2D eigenvalue weighted by molar-refractivity contribution is 4.85. The second kappa shape index (κ2) is 12.4. The summed E-state index contributed by atoms with van der Waals surface area (Å²) in [6.07, 6.45) is 0. The summed E-state index contributed by atoms with van der Waals surface area (Å²) in [7, 11) is 1.63. The molecule has 0 aliphatic carbocycles. The Hall–Kier alpha value is -0.710. The summed E-state index contributed by atoms with van der Waals surface area (Å²) in [5.41, 5.74) is 5.32. The first-order valence-electron chi connectivity index (χ1n) is 5.18. The highest BCUT2D eigenvalue weighted by Crippen LogP contribution is 1.83. The molecule has 0 aromatic carbocycles. The monoisotopic (exact) mass is 232 g/mol. The van der Waals surface area contributed by atoms with Crippen LogP contribution in [0, 0.1) is 11.3 Å². The zero-order valence-electron chi connectivity index (χ0n) is 9.68. The van der Waals surface area contributed by atoms with Crippen LogP contribution in [0.25, 0.3) is 0 Å². The number of nitriles is 1. The number of methoxy groups -OCH3 is 1. The minimum absolute atomic E-state index is 0.240. The third kappa shape index (κ3) is 11.4. The zero-order chi connectivity index (χ0) is 12.1. The molecular weight excluding hydrogens is 212 g/mol. The van der Waals surface area contributed by atoms with Gasteiger partial charge in [0.2, 0.25) is 0 Å². The quantitative estimate of drug-likeness (QED) is 0.485. The standard InChI is InChI=1S/C10H20N2O4/c1-13-2-3-14-4-5-15-6-7-16-9-10(12)8-11/h10H,2-7,9,12H2,1H3. The lowest BCUT2D eigenvalue weighted by atomic mass is 10.4. The Morgan fingerprint density at radius 2 is 1.50 bits per heavy atom. The second-order valence-corrected chi connectivity index (χ2v) is 3.03. The predicted octanol–water partition coefficient (Wildman–Crippen LogP) is -0.467. The van der Waals surface area contributed by atoms with Crippen LogP contribution in [-0.2, 0) is 18.9 Å². The van der Waals surface area contributed by atoms with Crippen molar-refractivity contribution in [2.45, 2.75) is 6.04 Å². The molecular formula is C10H20N2O4. The van der Waals surface area contributed by atoms with Crippen LogP contribution in [0.15, 0.2) is 0 Å². The van der Waals surface area contributed by atoms with E-state index >= 15 is 0 Å². The van der Waals surface area contributed by atoms with Gasteiger partial charge in [-0.15, -0.1) is 0 Å². The zero-order valence-corrected chi connectivity index (χ0v) is 9.68. The molecule has 0 aliphatic rings. The van der Waals surface area contributed by atoms with Gasteiger partial charge in [0, 0.05) is 7.11 Å². The van der Waals surface area contributed by atoms with Gasteiger partial charge in [0.25, 0.3) is 0 Å². The van der Waals surface area contributed by atoms with Crippen molar-refractivity contribution in [3.05, 3.63) is 0 Å². The number of nitrogens with two attached hydrogens (primary N) is 1. The van der Waals surface area contributed by atoms with Crippen molar-refractivity contribution >= 4 is 0 Å². The van der Waals surface area contributed by atoms with E-state index in [1.807, 2.05) is 6.07 Å². The van der Waals surface area contributed by atoms with E-state index in [4.69, 9.17) is 29.9 Å². The van der Waals surface area contributed by atoms with Gasteiger partial charge in [-0.05, 0) is 0 Å². The Balaban J connectivity index is 2.96. The van der Waals surface area contributed by atoms with Gasteiger partial charge in [-0.2, -0.15) is 5.26 Å². The average Bonchev–Trinajstić information content (AvgIpc) is 2.31. The number of nitrogens with zero attached hydrogens (tertiary/aromatic N) is 1. The van der Waals surface area contributed by atoms with Crippen molar-refractivity contribution in [2.24, 2.45) is 5.73 Å². The Labute approximate surface area is 96.2 Å². The molecule has 0 aliphatic heterocycles. The minimum atomic E-state index is -0.558. The molecule has 0 aromatic heterocycles. The fourth-order valence-electron chi connectivity index (χ4n) is 0.830. The van der Waals surface area contributed by atoms with Crippen LogP contribution in [0.2, 0.25) is 0 Å². The Bertz CT molecular complexity index is 184. The predicted molar refractivity (Wildman–Crippen MR) is 57.9 cm³/mol. The van der Waals surface area contributed by atoms with Crippen molar-refractivity contribution < 1.29 is 18.9 Å². The van der Waals surface area contributed by atoms with Crippen LogP contribution in [0.4, 0.5) is 0 Å². The van der Waals surface area contributed by atoms with E-state index in [9.17, 15) is 0 Å². The fraction of sp³-hybridized carbons (Fsp3) is 0.900. The van der Waals surface area contributed by atoms with Crippen molar-refractivity contribution in [2.75, 3.05) is 53.4 Å². The number of hydrogen-bond donors (Lipinski definition) is 1. The van der Waals surface area contributed by atoms with Crippen LogP contribution >= 0.6 is 0 Å². The first-order valence-corrected chi connectivity index (χ1v) is 5.18. The minimum Gasteiger partial charge on any atom is -0.382 e. The average molecular weight is 232 g/mol. The molecule has 0 bridgehead atoms. The van der Waals surface area contributed by atoms with Gasteiger partial charge in [-0.1, -0.05) is 0 Å².